The topological polar surface area (TPSA) is 110 Å². The fraction of sp³-hybridized carbons (Fsp3) is 0.273. The highest BCUT2D eigenvalue weighted by atomic mass is 35.7. The minimum atomic E-state index is -4.22. The van der Waals surface area contributed by atoms with Crippen molar-refractivity contribution >= 4 is 31.6 Å². The normalized spacial score (nSPS) is 12.6. The summed E-state index contributed by atoms with van der Waals surface area (Å²) in [5.41, 5.74) is -0.260. The average Bonchev–Trinajstić information content (AvgIpc) is 2.36. The quantitative estimate of drug-likeness (QED) is 0.777. The van der Waals surface area contributed by atoms with Gasteiger partial charge in [-0.25, -0.2) is 13.2 Å². The maximum Gasteiger partial charge on any atom is 0.335 e. The number of hydrogen-bond acceptors (Lipinski definition) is 5. The average molecular weight is 322 g/mol. The van der Waals surface area contributed by atoms with Crippen LogP contribution < -0.4 is 10.1 Å². The molecule has 0 heterocycles. The van der Waals surface area contributed by atoms with Gasteiger partial charge in [-0.3, -0.25) is 4.79 Å². The number of benzene rings is 1. The molecule has 7 nitrogen and oxygen atoms in total. The van der Waals surface area contributed by atoms with E-state index in [4.69, 9.17) is 20.5 Å². The monoisotopic (exact) mass is 321 g/mol. The number of hydrogen-bond donors (Lipinski definition) is 2. The Kier molecular flexibility index (Phi) is 4.96. The lowest BCUT2D eigenvalue weighted by molar-refractivity contribution is -0.126. The smallest absolute Gasteiger partial charge is 0.335 e. The largest absolute Gasteiger partial charge is 0.479 e. The van der Waals surface area contributed by atoms with Crippen molar-refractivity contribution in [2.24, 2.45) is 0 Å². The Hall–Kier alpha value is -1.80. The molecule has 0 aromatic heterocycles. The van der Waals surface area contributed by atoms with Crippen LogP contribution in [0.3, 0.4) is 0 Å². The van der Waals surface area contributed by atoms with E-state index >= 15 is 0 Å². The lowest BCUT2D eigenvalue weighted by Gasteiger charge is -2.15. The van der Waals surface area contributed by atoms with Crippen molar-refractivity contribution in [2.45, 2.75) is 17.9 Å². The molecule has 1 aromatic rings. The van der Waals surface area contributed by atoms with Crippen LogP contribution in [0, 0.1) is 0 Å². The van der Waals surface area contributed by atoms with Gasteiger partial charge in [0.2, 0.25) is 0 Å². The first-order valence-corrected chi connectivity index (χ1v) is 7.68. The Balaban J connectivity index is 3.26. The van der Waals surface area contributed by atoms with Crippen LogP contribution in [0.5, 0.6) is 5.75 Å². The van der Waals surface area contributed by atoms with E-state index in [1.165, 1.54) is 14.0 Å². The van der Waals surface area contributed by atoms with E-state index in [1.54, 1.807) is 0 Å². The van der Waals surface area contributed by atoms with Crippen molar-refractivity contribution in [3.05, 3.63) is 23.8 Å². The Labute approximate surface area is 119 Å². The molecule has 0 bridgehead atoms. The molecule has 0 fully saturated rings. The Bertz CT molecular complexity index is 642. The van der Waals surface area contributed by atoms with E-state index in [0.29, 0.717) is 0 Å². The van der Waals surface area contributed by atoms with Gasteiger partial charge in [-0.1, -0.05) is 0 Å². The standard InChI is InChI=1S/C11H12ClNO6S/c1-6(10(14)13-2)19-8-4-3-7(11(15)16)5-9(8)20(12,17)18/h3-6H,1-2H3,(H,13,14)(H,15,16). The fourth-order valence-corrected chi connectivity index (χ4v) is 2.36. The second kappa shape index (κ2) is 6.10. The van der Waals surface area contributed by atoms with Gasteiger partial charge in [0.05, 0.1) is 5.56 Å². The van der Waals surface area contributed by atoms with E-state index in [1.807, 2.05) is 0 Å². The van der Waals surface area contributed by atoms with Crippen molar-refractivity contribution in [3.63, 3.8) is 0 Å². The number of carboxylic acids is 1. The van der Waals surface area contributed by atoms with E-state index in [2.05, 4.69) is 5.32 Å². The van der Waals surface area contributed by atoms with Crippen LogP contribution in [0.2, 0.25) is 0 Å². The molecule has 2 N–H and O–H groups in total. The molecule has 0 aliphatic rings. The Morgan fingerprint density at radius 3 is 2.45 bits per heavy atom. The number of halogens is 1. The highest BCUT2D eigenvalue weighted by Crippen LogP contribution is 2.29. The lowest BCUT2D eigenvalue weighted by Crippen LogP contribution is -2.34. The maximum absolute atomic E-state index is 11.4. The number of rotatable bonds is 5. The molecule has 1 unspecified atom stereocenters. The summed E-state index contributed by atoms with van der Waals surface area (Å²) in [4.78, 5) is 21.7. The molecule has 1 aromatic carbocycles. The summed E-state index contributed by atoms with van der Waals surface area (Å²) in [7, 11) is 2.42. The van der Waals surface area contributed by atoms with E-state index in [-0.39, 0.29) is 11.3 Å². The molecule has 0 saturated heterocycles. The minimum Gasteiger partial charge on any atom is -0.479 e. The molecular formula is C11H12ClNO6S. The lowest BCUT2D eigenvalue weighted by atomic mass is 10.2. The van der Waals surface area contributed by atoms with E-state index < -0.39 is 31.9 Å². The van der Waals surface area contributed by atoms with Gasteiger partial charge in [0.15, 0.2) is 6.10 Å². The molecule has 0 aliphatic carbocycles. The van der Waals surface area contributed by atoms with Crippen LogP contribution in [0.4, 0.5) is 0 Å². The van der Waals surface area contributed by atoms with Crippen LogP contribution in [-0.4, -0.2) is 38.6 Å². The van der Waals surface area contributed by atoms with Crippen LogP contribution >= 0.6 is 10.7 Å². The van der Waals surface area contributed by atoms with Gasteiger partial charge in [-0.2, -0.15) is 0 Å². The third-order valence-corrected chi connectivity index (χ3v) is 3.72. The second-order valence-electron chi connectivity index (χ2n) is 3.78. The fourth-order valence-electron chi connectivity index (χ4n) is 1.38. The summed E-state index contributed by atoms with van der Waals surface area (Å²) >= 11 is 0. The Morgan fingerprint density at radius 1 is 1.40 bits per heavy atom. The van der Waals surface area contributed by atoms with Crippen LogP contribution in [0.25, 0.3) is 0 Å². The zero-order valence-corrected chi connectivity index (χ0v) is 12.2. The summed E-state index contributed by atoms with van der Waals surface area (Å²) < 4.78 is 28.1. The molecule has 0 saturated carbocycles. The van der Waals surface area contributed by atoms with Gasteiger partial charge in [-0.15, -0.1) is 0 Å². The summed E-state index contributed by atoms with van der Waals surface area (Å²) in [6.45, 7) is 1.41. The number of carboxylic acid groups (broad SMARTS) is 1. The molecule has 0 spiro atoms. The third kappa shape index (κ3) is 3.84. The van der Waals surface area contributed by atoms with Gasteiger partial charge in [0.25, 0.3) is 15.0 Å². The zero-order chi connectivity index (χ0) is 15.5. The summed E-state index contributed by atoms with van der Waals surface area (Å²) in [5.74, 6) is -1.97. The van der Waals surface area contributed by atoms with Crippen molar-refractivity contribution in [1.29, 1.82) is 0 Å². The first kappa shape index (κ1) is 16.3. The SMILES string of the molecule is CNC(=O)C(C)Oc1ccc(C(=O)O)cc1S(=O)(=O)Cl. The van der Waals surface area contributed by atoms with Crippen molar-refractivity contribution in [2.75, 3.05) is 7.05 Å². The maximum atomic E-state index is 11.4. The van der Waals surface area contributed by atoms with Crippen LogP contribution in [-0.2, 0) is 13.8 Å². The number of nitrogens with one attached hydrogen (secondary N) is 1. The molecule has 9 heteroatoms. The molecule has 20 heavy (non-hydrogen) atoms. The summed E-state index contributed by atoms with van der Waals surface area (Å²) in [5, 5.41) is 11.2. The molecule has 0 aliphatic heterocycles. The number of aromatic carboxylic acids is 1. The summed E-state index contributed by atoms with van der Waals surface area (Å²) in [6.07, 6.45) is -0.965. The molecule has 1 amide bonds. The predicted molar refractivity (Wildman–Crippen MR) is 70.6 cm³/mol. The molecule has 0 radical (unpaired) electrons. The number of carbonyl (C=O) groups excluding carboxylic acids is 1. The number of carbonyl (C=O) groups is 2. The predicted octanol–water partition coefficient (Wildman–Crippen LogP) is 0.826. The van der Waals surface area contributed by atoms with Crippen molar-refractivity contribution < 1.29 is 27.9 Å². The molecular weight excluding hydrogens is 310 g/mol. The second-order valence-corrected chi connectivity index (χ2v) is 6.31. The molecule has 1 rings (SSSR count). The molecule has 1 atom stereocenters. The Morgan fingerprint density at radius 2 is 2.00 bits per heavy atom. The highest BCUT2D eigenvalue weighted by molar-refractivity contribution is 8.13. The van der Waals surface area contributed by atoms with E-state index in [0.717, 1.165) is 18.2 Å². The van der Waals surface area contributed by atoms with Gasteiger partial charge < -0.3 is 15.2 Å². The van der Waals surface area contributed by atoms with Gasteiger partial charge in [-0.05, 0) is 25.1 Å². The van der Waals surface area contributed by atoms with Crippen molar-refractivity contribution in [3.8, 4) is 5.75 Å². The van der Waals surface area contributed by atoms with Gasteiger partial charge >= 0.3 is 5.97 Å². The number of ether oxygens (including phenoxy) is 1. The highest BCUT2D eigenvalue weighted by Gasteiger charge is 2.22. The number of likely N-dealkylation sites (N-methyl/N-ethyl adjacent to an activating group) is 1. The van der Waals surface area contributed by atoms with Crippen molar-refractivity contribution in [1.82, 2.24) is 5.32 Å². The minimum absolute atomic E-state index is 0.193. The van der Waals surface area contributed by atoms with Crippen LogP contribution in [0.15, 0.2) is 23.1 Å². The van der Waals surface area contributed by atoms with Gasteiger partial charge in [0, 0.05) is 17.7 Å². The first-order valence-electron chi connectivity index (χ1n) is 5.37. The van der Waals surface area contributed by atoms with Gasteiger partial charge in [0.1, 0.15) is 10.6 Å². The zero-order valence-electron chi connectivity index (χ0n) is 10.6. The van der Waals surface area contributed by atoms with Crippen LogP contribution in [0.1, 0.15) is 17.3 Å². The third-order valence-electron chi connectivity index (χ3n) is 2.37. The number of amides is 1. The van der Waals surface area contributed by atoms with E-state index in [9.17, 15) is 18.0 Å². The molecule has 110 valence electrons. The summed E-state index contributed by atoms with van der Waals surface area (Å²) in [6, 6.07) is 3.16. The first-order chi connectivity index (χ1) is 9.16.